The van der Waals surface area contributed by atoms with E-state index in [0.717, 1.165) is 19.3 Å². The maximum atomic E-state index is 11.7. The summed E-state index contributed by atoms with van der Waals surface area (Å²) in [6, 6.07) is 2.70. The van der Waals surface area contributed by atoms with E-state index in [1.807, 2.05) is 0 Å². The fourth-order valence-electron chi connectivity index (χ4n) is 1.83. The number of aromatic nitrogens is 2. The van der Waals surface area contributed by atoms with E-state index in [1.165, 1.54) is 12.1 Å². The highest BCUT2D eigenvalue weighted by Crippen LogP contribution is 2.47. The number of carbonyl (C=O) groups is 1. The van der Waals surface area contributed by atoms with Gasteiger partial charge < -0.3 is 11.1 Å². The first kappa shape index (κ1) is 11.8. The lowest BCUT2D eigenvalue weighted by Crippen LogP contribution is -2.32. The van der Waals surface area contributed by atoms with Gasteiger partial charge in [-0.25, -0.2) is 5.10 Å². The molecule has 92 valence electrons. The average molecular weight is 236 g/mol. The van der Waals surface area contributed by atoms with Crippen molar-refractivity contribution in [1.82, 2.24) is 15.5 Å². The topological polar surface area (TPSA) is 101 Å². The lowest BCUT2D eigenvalue weighted by Gasteiger charge is -2.14. The van der Waals surface area contributed by atoms with Crippen LogP contribution >= 0.6 is 0 Å². The van der Waals surface area contributed by atoms with Crippen LogP contribution in [0.2, 0.25) is 0 Å². The van der Waals surface area contributed by atoms with Gasteiger partial charge in [-0.1, -0.05) is 0 Å². The monoisotopic (exact) mass is 236 g/mol. The summed E-state index contributed by atoms with van der Waals surface area (Å²) >= 11 is 0. The van der Waals surface area contributed by atoms with Gasteiger partial charge in [0, 0.05) is 12.6 Å². The Balaban J connectivity index is 1.89. The van der Waals surface area contributed by atoms with Crippen molar-refractivity contribution in [2.75, 3.05) is 13.1 Å². The molecule has 0 saturated heterocycles. The Kier molecular flexibility index (Phi) is 3.23. The normalized spacial score (nSPS) is 16.5. The van der Waals surface area contributed by atoms with Gasteiger partial charge in [0.25, 0.3) is 11.5 Å². The van der Waals surface area contributed by atoms with E-state index in [4.69, 9.17) is 5.73 Å². The SMILES string of the molecule is NCCC1(CNC(=O)c2ccc(=O)[nH]n2)CC1. The second-order valence-corrected chi connectivity index (χ2v) is 4.53. The number of nitrogens with two attached hydrogens (primary N) is 1. The Bertz CT molecular complexity index is 444. The highest BCUT2D eigenvalue weighted by Gasteiger charge is 2.41. The molecule has 0 spiro atoms. The van der Waals surface area contributed by atoms with Gasteiger partial charge in [-0.2, -0.15) is 5.10 Å². The minimum Gasteiger partial charge on any atom is -0.350 e. The van der Waals surface area contributed by atoms with Crippen molar-refractivity contribution in [3.05, 3.63) is 28.2 Å². The van der Waals surface area contributed by atoms with E-state index < -0.39 is 0 Å². The largest absolute Gasteiger partial charge is 0.350 e. The van der Waals surface area contributed by atoms with Gasteiger partial charge in [-0.15, -0.1) is 0 Å². The lowest BCUT2D eigenvalue weighted by atomic mass is 10.0. The van der Waals surface area contributed by atoms with Crippen LogP contribution in [-0.4, -0.2) is 29.2 Å². The van der Waals surface area contributed by atoms with Crippen LogP contribution in [-0.2, 0) is 0 Å². The van der Waals surface area contributed by atoms with Gasteiger partial charge in [0.15, 0.2) is 0 Å². The molecule has 0 atom stereocenters. The van der Waals surface area contributed by atoms with Crippen molar-refractivity contribution in [2.45, 2.75) is 19.3 Å². The molecule has 1 aliphatic rings. The third kappa shape index (κ3) is 2.91. The molecule has 0 bridgehead atoms. The van der Waals surface area contributed by atoms with Crippen LogP contribution in [0.25, 0.3) is 0 Å². The first-order valence-corrected chi connectivity index (χ1v) is 5.69. The fraction of sp³-hybridized carbons (Fsp3) is 0.545. The van der Waals surface area contributed by atoms with Gasteiger partial charge in [-0.05, 0) is 37.3 Å². The molecule has 6 heteroatoms. The predicted molar refractivity (Wildman–Crippen MR) is 62.5 cm³/mol. The van der Waals surface area contributed by atoms with Crippen molar-refractivity contribution >= 4 is 5.91 Å². The van der Waals surface area contributed by atoms with Gasteiger partial charge in [0.2, 0.25) is 0 Å². The van der Waals surface area contributed by atoms with E-state index in [0.29, 0.717) is 13.1 Å². The predicted octanol–water partition coefficient (Wildman–Crippen LogP) is -0.371. The number of nitrogens with zero attached hydrogens (tertiary/aromatic N) is 1. The second-order valence-electron chi connectivity index (χ2n) is 4.53. The zero-order valence-corrected chi connectivity index (χ0v) is 9.53. The number of aromatic amines is 1. The molecule has 6 nitrogen and oxygen atoms in total. The Labute approximate surface area is 98.6 Å². The van der Waals surface area contributed by atoms with Gasteiger partial charge in [0.05, 0.1) is 0 Å². The molecular weight excluding hydrogens is 220 g/mol. The minimum absolute atomic E-state index is 0.201. The lowest BCUT2D eigenvalue weighted by molar-refractivity contribution is 0.0938. The van der Waals surface area contributed by atoms with Crippen molar-refractivity contribution in [3.63, 3.8) is 0 Å². The molecule has 4 N–H and O–H groups in total. The summed E-state index contributed by atoms with van der Waals surface area (Å²) in [4.78, 5) is 22.5. The number of nitrogens with one attached hydrogen (secondary N) is 2. The van der Waals surface area contributed by atoms with E-state index in [1.54, 1.807) is 0 Å². The molecule has 1 fully saturated rings. The van der Waals surface area contributed by atoms with E-state index in [-0.39, 0.29) is 22.6 Å². The molecule has 0 radical (unpaired) electrons. The van der Waals surface area contributed by atoms with Crippen LogP contribution < -0.4 is 16.6 Å². The average Bonchev–Trinajstić information content (AvgIpc) is 3.08. The highest BCUT2D eigenvalue weighted by molar-refractivity contribution is 5.92. The first-order chi connectivity index (χ1) is 8.15. The summed E-state index contributed by atoms with van der Waals surface area (Å²) in [6.07, 6.45) is 3.17. The van der Waals surface area contributed by atoms with Crippen LogP contribution in [0.3, 0.4) is 0 Å². The van der Waals surface area contributed by atoms with Crippen molar-refractivity contribution in [2.24, 2.45) is 11.1 Å². The van der Waals surface area contributed by atoms with E-state index in [2.05, 4.69) is 15.5 Å². The number of hydrogen-bond donors (Lipinski definition) is 3. The Morgan fingerprint density at radius 2 is 2.29 bits per heavy atom. The second kappa shape index (κ2) is 4.67. The smallest absolute Gasteiger partial charge is 0.271 e. The third-order valence-corrected chi connectivity index (χ3v) is 3.17. The van der Waals surface area contributed by atoms with Crippen molar-refractivity contribution < 1.29 is 4.79 Å². The van der Waals surface area contributed by atoms with E-state index in [9.17, 15) is 9.59 Å². The Morgan fingerprint density at radius 3 is 2.82 bits per heavy atom. The summed E-state index contributed by atoms with van der Waals surface area (Å²) in [5, 5.41) is 8.73. The summed E-state index contributed by atoms with van der Waals surface area (Å²) in [5.41, 5.74) is 5.64. The molecule has 1 aromatic rings. The fourth-order valence-corrected chi connectivity index (χ4v) is 1.83. The number of amides is 1. The molecule has 1 aromatic heterocycles. The summed E-state index contributed by atoms with van der Waals surface area (Å²) in [6.45, 7) is 1.27. The maximum absolute atomic E-state index is 11.7. The zero-order valence-electron chi connectivity index (χ0n) is 9.53. The Morgan fingerprint density at radius 1 is 1.53 bits per heavy atom. The van der Waals surface area contributed by atoms with Crippen molar-refractivity contribution in [3.8, 4) is 0 Å². The minimum atomic E-state index is -0.316. The molecule has 0 unspecified atom stereocenters. The summed E-state index contributed by atoms with van der Waals surface area (Å²) in [7, 11) is 0. The number of carbonyl (C=O) groups excluding carboxylic acids is 1. The maximum Gasteiger partial charge on any atom is 0.271 e. The molecule has 2 rings (SSSR count). The van der Waals surface area contributed by atoms with Crippen LogP contribution in [0.5, 0.6) is 0 Å². The summed E-state index contributed by atoms with van der Waals surface area (Å²) in [5.74, 6) is -0.260. The summed E-state index contributed by atoms with van der Waals surface area (Å²) < 4.78 is 0. The zero-order chi connectivity index (χ0) is 12.3. The number of hydrogen-bond acceptors (Lipinski definition) is 4. The Hall–Kier alpha value is -1.69. The molecule has 1 amide bonds. The van der Waals surface area contributed by atoms with Crippen molar-refractivity contribution in [1.29, 1.82) is 0 Å². The first-order valence-electron chi connectivity index (χ1n) is 5.69. The van der Waals surface area contributed by atoms with Gasteiger partial charge >= 0.3 is 0 Å². The molecule has 17 heavy (non-hydrogen) atoms. The molecular formula is C11H16N4O2. The van der Waals surface area contributed by atoms with E-state index >= 15 is 0 Å². The van der Waals surface area contributed by atoms with Gasteiger partial charge in [0.1, 0.15) is 5.69 Å². The molecule has 1 saturated carbocycles. The third-order valence-electron chi connectivity index (χ3n) is 3.17. The quantitative estimate of drug-likeness (QED) is 0.649. The molecule has 0 aromatic carbocycles. The number of H-pyrrole nitrogens is 1. The number of rotatable bonds is 5. The van der Waals surface area contributed by atoms with Crippen LogP contribution in [0.1, 0.15) is 29.8 Å². The van der Waals surface area contributed by atoms with Gasteiger partial charge in [-0.3, -0.25) is 9.59 Å². The van der Waals surface area contributed by atoms with Crippen LogP contribution in [0.15, 0.2) is 16.9 Å². The molecule has 1 aliphatic carbocycles. The molecule has 0 aliphatic heterocycles. The molecule has 1 heterocycles. The van der Waals surface area contributed by atoms with Crippen LogP contribution in [0.4, 0.5) is 0 Å². The standard InChI is InChI=1S/C11H16N4O2/c12-6-5-11(3-4-11)7-13-10(17)8-1-2-9(16)15-14-8/h1-2H,3-7,12H2,(H,13,17)(H,15,16). The van der Waals surface area contributed by atoms with Crippen LogP contribution in [0, 0.1) is 5.41 Å². The highest BCUT2D eigenvalue weighted by atomic mass is 16.2.